The zero-order chi connectivity index (χ0) is 19.3. The molecule has 2 heterocycles. The van der Waals surface area contributed by atoms with Crippen molar-refractivity contribution in [3.8, 4) is 22.5 Å². The maximum Gasteiger partial charge on any atom is 0.251 e. The van der Waals surface area contributed by atoms with Gasteiger partial charge in [-0.25, -0.2) is 19.9 Å². The molecule has 2 aromatic heterocycles. The molecule has 28 heavy (non-hydrogen) atoms. The average Bonchev–Trinajstić information content (AvgIpc) is 2.77. The summed E-state index contributed by atoms with van der Waals surface area (Å²) in [5.41, 5.74) is 5.13. The molecule has 0 atom stereocenters. The van der Waals surface area contributed by atoms with E-state index in [0.29, 0.717) is 23.3 Å². The summed E-state index contributed by atoms with van der Waals surface area (Å²) in [6, 6.07) is 15.3. The standard InChI is InChI=1S/C22H19N5O/c1-2-10-25-22(28)16-8-9-18-19(11-16)27-21(17-12-23-14-24-13-17)20(26-18)15-6-4-3-5-7-15/h3-9,11-14H,2,10H2,1H3,(H,25,28). The van der Waals surface area contributed by atoms with Crippen LogP contribution in [-0.4, -0.2) is 32.4 Å². The van der Waals surface area contributed by atoms with Gasteiger partial charge in [-0.2, -0.15) is 0 Å². The number of carbonyl (C=O) groups excluding carboxylic acids is 1. The van der Waals surface area contributed by atoms with Crippen LogP contribution in [0.1, 0.15) is 23.7 Å². The van der Waals surface area contributed by atoms with E-state index in [1.807, 2.05) is 43.3 Å². The zero-order valence-corrected chi connectivity index (χ0v) is 15.5. The van der Waals surface area contributed by atoms with Gasteiger partial charge in [0, 0.05) is 35.6 Å². The van der Waals surface area contributed by atoms with Crippen molar-refractivity contribution in [3.63, 3.8) is 0 Å². The summed E-state index contributed by atoms with van der Waals surface area (Å²) in [7, 11) is 0. The van der Waals surface area contributed by atoms with Crippen LogP contribution in [0.15, 0.2) is 67.3 Å². The lowest BCUT2D eigenvalue weighted by Crippen LogP contribution is -2.23. The molecule has 138 valence electrons. The number of aromatic nitrogens is 4. The predicted octanol–water partition coefficient (Wildman–Crippen LogP) is 3.89. The first kappa shape index (κ1) is 17.7. The van der Waals surface area contributed by atoms with Crippen molar-refractivity contribution < 1.29 is 4.79 Å². The summed E-state index contributed by atoms with van der Waals surface area (Å²) in [6.07, 6.45) is 5.80. The Morgan fingerprint density at radius 1 is 0.893 bits per heavy atom. The fourth-order valence-electron chi connectivity index (χ4n) is 2.96. The van der Waals surface area contributed by atoms with E-state index in [-0.39, 0.29) is 5.91 Å². The van der Waals surface area contributed by atoms with Gasteiger partial charge in [-0.3, -0.25) is 4.79 Å². The molecule has 6 nitrogen and oxygen atoms in total. The fourth-order valence-corrected chi connectivity index (χ4v) is 2.96. The van der Waals surface area contributed by atoms with Gasteiger partial charge in [-0.05, 0) is 24.6 Å². The minimum absolute atomic E-state index is 0.109. The van der Waals surface area contributed by atoms with Gasteiger partial charge in [-0.15, -0.1) is 0 Å². The van der Waals surface area contributed by atoms with Crippen LogP contribution in [0.4, 0.5) is 0 Å². The summed E-state index contributed by atoms with van der Waals surface area (Å²) < 4.78 is 0. The monoisotopic (exact) mass is 369 g/mol. The highest BCUT2D eigenvalue weighted by Gasteiger charge is 2.15. The number of hydrogen-bond donors (Lipinski definition) is 1. The molecule has 0 saturated carbocycles. The third-order valence-electron chi connectivity index (χ3n) is 4.34. The van der Waals surface area contributed by atoms with Gasteiger partial charge in [0.25, 0.3) is 5.91 Å². The Hall–Kier alpha value is -3.67. The highest BCUT2D eigenvalue weighted by molar-refractivity contribution is 5.98. The number of carbonyl (C=O) groups is 1. The molecule has 0 aliphatic rings. The molecule has 4 rings (SSSR count). The molecule has 0 saturated heterocycles. The largest absolute Gasteiger partial charge is 0.352 e. The number of rotatable bonds is 5. The molecule has 1 amide bonds. The number of benzene rings is 2. The highest BCUT2D eigenvalue weighted by Crippen LogP contribution is 2.30. The number of amides is 1. The van der Waals surface area contributed by atoms with E-state index in [1.54, 1.807) is 24.5 Å². The van der Waals surface area contributed by atoms with E-state index < -0.39 is 0 Å². The highest BCUT2D eigenvalue weighted by atomic mass is 16.1. The minimum Gasteiger partial charge on any atom is -0.352 e. The van der Waals surface area contributed by atoms with Crippen molar-refractivity contribution in [1.29, 1.82) is 0 Å². The summed E-state index contributed by atoms with van der Waals surface area (Å²) >= 11 is 0. The van der Waals surface area contributed by atoms with E-state index in [4.69, 9.17) is 9.97 Å². The topological polar surface area (TPSA) is 80.7 Å². The van der Waals surface area contributed by atoms with Crippen LogP contribution < -0.4 is 5.32 Å². The van der Waals surface area contributed by atoms with Crippen LogP contribution in [0.5, 0.6) is 0 Å². The van der Waals surface area contributed by atoms with Crippen LogP contribution in [0.25, 0.3) is 33.5 Å². The van der Waals surface area contributed by atoms with Gasteiger partial charge in [-0.1, -0.05) is 37.3 Å². The van der Waals surface area contributed by atoms with Crippen LogP contribution in [0.3, 0.4) is 0 Å². The molecular weight excluding hydrogens is 350 g/mol. The second-order valence-corrected chi connectivity index (χ2v) is 6.37. The molecule has 0 bridgehead atoms. The van der Waals surface area contributed by atoms with Gasteiger partial charge in [0.2, 0.25) is 0 Å². The third-order valence-corrected chi connectivity index (χ3v) is 4.34. The Bertz CT molecular complexity index is 1110. The first-order valence-corrected chi connectivity index (χ1v) is 9.17. The van der Waals surface area contributed by atoms with Crippen molar-refractivity contribution in [2.75, 3.05) is 6.54 Å². The zero-order valence-electron chi connectivity index (χ0n) is 15.5. The fraction of sp³-hybridized carbons (Fsp3) is 0.136. The first-order valence-electron chi connectivity index (χ1n) is 9.17. The smallest absolute Gasteiger partial charge is 0.251 e. The van der Waals surface area contributed by atoms with Crippen LogP contribution in [-0.2, 0) is 0 Å². The summed E-state index contributed by atoms with van der Waals surface area (Å²) in [6.45, 7) is 2.66. The van der Waals surface area contributed by atoms with Crippen molar-refractivity contribution in [2.24, 2.45) is 0 Å². The maximum absolute atomic E-state index is 12.3. The number of nitrogens with zero attached hydrogens (tertiary/aromatic N) is 4. The molecular formula is C22H19N5O. The molecule has 1 N–H and O–H groups in total. The average molecular weight is 369 g/mol. The Labute approximate surface area is 162 Å². The SMILES string of the molecule is CCCNC(=O)c1ccc2nc(-c3ccccc3)c(-c3cncnc3)nc2c1. The van der Waals surface area contributed by atoms with Crippen molar-refractivity contribution in [3.05, 3.63) is 72.8 Å². The van der Waals surface area contributed by atoms with Gasteiger partial charge in [0.1, 0.15) is 12.0 Å². The second kappa shape index (κ2) is 7.92. The number of fused-ring (bicyclic) bond motifs is 1. The Balaban J connectivity index is 1.88. The molecule has 0 unspecified atom stereocenters. The Kier molecular flexibility index (Phi) is 5.01. The lowest BCUT2D eigenvalue weighted by Gasteiger charge is -2.11. The normalized spacial score (nSPS) is 10.8. The quantitative estimate of drug-likeness (QED) is 0.577. The predicted molar refractivity (Wildman–Crippen MR) is 109 cm³/mol. The van der Waals surface area contributed by atoms with Crippen molar-refractivity contribution in [1.82, 2.24) is 25.3 Å². The summed E-state index contributed by atoms with van der Waals surface area (Å²) in [5.74, 6) is -0.109. The van der Waals surface area contributed by atoms with Gasteiger partial charge >= 0.3 is 0 Å². The van der Waals surface area contributed by atoms with E-state index in [0.717, 1.165) is 28.8 Å². The molecule has 6 heteroatoms. The van der Waals surface area contributed by atoms with Gasteiger partial charge in [0.05, 0.1) is 16.7 Å². The molecule has 0 fully saturated rings. The number of nitrogens with one attached hydrogen (secondary N) is 1. The van der Waals surface area contributed by atoms with Gasteiger partial charge in [0.15, 0.2) is 0 Å². The molecule has 0 aliphatic carbocycles. The van der Waals surface area contributed by atoms with E-state index in [9.17, 15) is 4.79 Å². The first-order chi connectivity index (χ1) is 13.8. The minimum atomic E-state index is -0.109. The lowest BCUT2D eigenvalue weighted by molar-refractivity contribution is 0.0954. The molecule has 2 aromatic carbocycles. The molecule has 0 radical (unpaired) electrons. The summed E-state index contributed by atoms with van der Waals surface area (Å²) in [5, 5.41) is 2.89. The van der Waals surface area contributed by atoms with Gasteiger partial charge < -0.3 is 5.32 Å². The van der Waals surface area contributed by atoms with Crippen molar-refractivity contribution >= 4 is 16.9 Å². The summed E-state index contributed by atoms with van der Waals surface area (Å²) in [4.78, 5) is 30.2. The molecule has 0 spiro atoms. The van der Waals surface area contributed by atoms with Crippen LogP contribution in [0.2, 0.25) is 0 Å². The van der Waals surface area contributed by atoms with E-state index in [2.05, 4.69) is 15.3 Å². The van der Waals surface area contributed by atoms with Crippen LogP contribution in [0, 0.1) is 0 Å². The molecule has 4 aromatic rings. The number of hydrogen-bond acceptors (Lipinski definition) is 5. The second-order valence-electron chi connectivity index (χ2n) is 6.37. The molecule has 0 aliphatic heterocycles. The maximum atomic E-state index is 12.3. The van der Waals surface area contributed by atoms with E-state index in [1.165, 1.54) is 6.33 Å². The Morgan fingerprint density at radius 2 is 1.61 bits per heavy atom. The third kappa shape index (κ3) is 3.57. The van der Waals surface area contributed by atoms with E-state index >= 15 is 0 Å². The Morgan fingerprint density at radius 3 is 2.36 bits per heavy atom. The van der Waals surface area contributed by atoms with Crippen molar-refractivity contribution in [2.45, 2.75) is 13.3 Å². The lowest BCUT2D eigenvalue weighted by atomic mass is 10.1. The van der Waals surface area contributed by atoms with Crippen LogP contribution >= 0.6 is 0 Å².